The maximum Gasteiger partial charge on any atom is 0.262 e. The van der Waals surface area contributed by atoms with Gasteiger partial charge in [0.25, 0.3) is 5.56 Å². The molecule has 0 saturated heterocycles. The zero-order valence-electron chi connectivity index (χ0n) is 16.6. The number of hydrogen-bond donors (Lipinski definition) is 2. The molecule has 0 aliphatic heterocycles. The van der Waals surface area contributed by atoms with Gasteiger partial charge in [0.1, 0.15) is 19.6 Å². The molecule has 3 N–H and O–H groups in total. The van der Waals surface area contributed by atoms with Crippen LogP contribution in [-0.2, 0) is 24.4 Å². The van der Waals surface area contributed by atoms with Crippen LogP contribution in [0.2, 0.25) is 0 Å². The Balaban J connectivity index is 1.87. The summed E-state index contributed by atoms with van der Waals surface area (Å²) in [7, 11) is 2.05. The minimum atomic E-state index is -0.553. The van der Waals surface area contributed by atoms with Gasteiger partial charge in [-0.2, -0.15) is 0 Å². The molecule has 0 fully saturated rings. The molecule has 1 atom stereocenters. The third-order valence-electron chi connectivity index (χ3n) is 4.87. The summed E-state index contributed by atoms with van der Waals surface area (Å²) >= 11 is 0. The van der Waals surface area contributed by atoms with Crippen molar-refractivity contribution in [3.63, 3.8) is 0 Å². The van der Waals surface area contributed by atoms with Crippen molar-refractivity contribution < 1.29 is 9.69 Å². The first-order valence-corrected chi connectivity index (χ1v) is 9.52. The summed E-state index contributed by atoms with van der Waals surface area (Å²) in [6, 6.07) is 15.8. The molecule has 0 saturated carbocycles. The highest BCUT2D eigenvalue weighted by molar-refractivity contribution is 5.78. The van der Waals surface area contributed by atoms with Gasteiger partial charge in [-0.3, -0.25) is 14.2 Å². The van der Waals surface area contributed by atoms with Crippen LogP contribution in [0.5, 0.6) is 0 Å². The van der Waals surface area contributed by atoms with E-state index >= 15 is 0 Å². The fourth-order valence-electron chi connectivity index (χ4n) is 3.37. The van der Waals surface area contributed by atoms with Crippen molar-refractivity contribution in [2.75, 3.05) is 7.05 Å². The topological polar surface area (TPSA) is 82.4 Å². The van der Waals surface area contributed by atoms with Crippen molar-refractivity contribution in [1.82, 2.24) is 9.55 Å². The first kappa shape index (κ1) is 19.8. The Kier molecular flexibility index (Phi) is 5.90. The third kappa shape index (κ3) is 4.46. The van der Waals surface area contributed by atoms with Gasteiger partial charge in [-0.15, -0.1) is 0 Å². The highest BCUT2D eigenvalue weighted by Crippen LogP contribution is 2.14. The van der Waals surface area contributed by atoms with Crippen LogP contribution in [0.15, 0.2) is 53.3 Å². The summed E-state index contributed by atoms with van der Waals surface area (Å²) < 4.78 is 1.40. The summed E-state index contributed by atoms with van der Waals surface area (Å²) in [5, 5.41) is 0.495. The Morgan fingerprint density at radius 1 is 1.11 bits per heavy atom. The lowest BCUT2D eigenvalue weighted by atomic mass is 10.0. The van der Waals surface area contributed by atoms with Gasteiger partial charge in [-0.05, 0) is 23.6 Å². The van der Waals surface area contributed by atoms with E-state index in [0.29, 0.717) is 29.2 Å². The number of nitrogens with one attached hydrogen (secondary N) is 1. The van der Waals surface area contributed by atoms with E-state index in [-0.39, 0.29) is 12.1 Å². The van der Waals surface area contributed by atoms with E-state index in [9.17, 15) is 9.59 Å². The van der Waals surface area contributed by atoms with Crippen LogP contribution in [0.1, 0.15) is 36.7 Å². The normalized spacial score (nSPS) is 12.4. The Morgan fingerprint density at radius 3 is 2.43 bits per heavy atom. The van der Waals surface area contributed by atoms with Crippen LogP contribution in [0.25, 0.3) is 10.9 Å². The molecule has 0 radical (unpaired) electrons. The van der Waals surface area contributed by atoms with Gasteiger partial charge >= 0.3 is 0 Å². The van der Waals surface area contributed by atoms with Crippen LogP contribution in [0.3, 0.4) is 0 Å². The van der Waals surface area contributed by atoms with Gasteiger partial charge in [0.15, 0.2) is 5.82 Å². The number of amides is 1. The number of primary amides is 1. The zero-order chi connectivity index (χ0) is 20.3. The van der Waals surface area contributed by atoms with E-state index < -0.39 is 5.91 Å². The van der Waals surface area contributed by atoms with E-state index in [2.05, 4.69) is 43.1 Å². The molecule has 0 bridgehead atoms. The Bertz CT molecular complexity index is 1040. The van der Waals surface area contributed by atoms with Gasteiger partial charge < -0.3 is 10.6 Å². The Morgan fingerprint density at radius 2 is 1.79 bits per heavy atom. The fourth-order valence-corrected chi connectivity index (χ4v) is 3.37. The Labute approximate surface area is 164 Å². The largest absolute Gasteiger partial charge is 0.368 e. The highest BCUT2D eigenvalue weighted by atomic mass is 16.2. The van der Waals surface area contributed by atoms with Gasteiger partial charge in [-0.1, -0.05) is 50.2 Å². The number of para-hydroxylation sites is 1. The molecule has 28 heavy (non-hydrogen) atoms. The average Bonchev–Trinajstić information content (AvgIpc) is 2.65. The van der Waals surface area contributed by atoms with Crippen molar-refractivity contribution in [1.29, 1.82) is 0 Å². The minimum Gasteiger partial charge on any atom is -0.368 e. The molecule has 0 spiro atoms. The van der Waals surface area contributed by atoms with Gasteiger partial charge in [0.2, 0.25) is 5.91 Å². The maximum atomic E-state index is 12.8. The number of carbonyl (C=O) groups excluding carboxylic acids is 1. The minimum absolute atomic E-state index is 0.164. The number of benzene rings is 2. The second kappa shape index (κ2) is 8.35. The number of carbonyl (C=O) groups is 1. The molecule has 1 amide bonds. The van der Waals surface area contributed by atoms with Crippen molar-refractivity contribution in [2.45, 2.75) is 39.4 Å². The molecule has 1 unspecified atom stereocenters. The summed E-state index contributed by atoms with van der Waals surface area (Å²) in [4.78, 5) is 30.1. The Hall–Kier alpha value is -2.99. The van der Waals surface area contributed by atoms with Crippen molar-refractivity contribution in [2.24, 2.45) is 5.73 Å². The second-order valence-corrected chi connectivity index (χ2v) is 7.61. The van der Waals surface area contributed by atoms with E-state index in [1.165, 1.54) is 15.7 Å². The molecule has 3 rings (SSSR count). The summed E-state index contributed by atoms with van der Waals surface area (Å²) in [6.45, 7) is 5.49. The summed E-state index contributed by atoms with van der Waals surface area (Å²) in [6.07, 6.45) is 0. The second-order valence-electron chi connectivity index (χ2n) is 7.61. The monoisotopic (exact) mass is 379 g/mol. The SMILES string of the molecule is CC(C)c1ccc(C[NH+](C)Cc2nc3ccccc3c(=O)n2CC(N)=O)cc1. The first-order valence-electron chi connectivity index (χ1n) is 9.52. The number of aromatic nitrogens is 2. The van der Waals surface area contributed by atoms with Crippen LogP contribution in [-0.4, -0.2) is 22.5 Å². The van der Waals surface area contributed by atoms with Crippen molar-refractivity contribution in [3.8, 4) is 0 Å². The van der Waals surface area contributed by atoms with Crippen molar-refractivity contribution in [3.05, 3.63) is 75.8 Å². The average molecular weight is 379 g/mol. The van der Waals surface area contributed by atoms with Gasteiger partial charge in [0.05, 0.1) is 18.0 Å². The molecule has 6 heteroatoms. The molecule has 1 heterocycles. The maximum absolute atomic E-state index is 12.8. The predicted octanol–water partition coefficient (Wildman–Crippen LogP) is 1.22. The molecule has 6 nitrogen and oxygen atoms in total. The molecular weight excluding hydrogens is 352 g/mol. The molecule has 0 aliphatic carbocycles. The molecule has 146 valence electrons. The van der Waals surface area contributed by atoms with Crippen LogP contribution in [0, 0.1) is 0 Å². The lowest BCUT2D eigenvalue weighted by Crippen LogP contribution is -3.06. The van der Waals surface area contributed by atoms with Crippen LogP contribution >= 0.6 is 0 Å². The number of nitrogens with two attached hydrogens (primary N) is 1. The van der Waals surface area contributed by atoms with Gasteiger partial charge in [0, 0.05) is 5.56 Å². The highest BCUT2D eigenvalue weighted by Gasteiger charge is 2.16. The van der Waals surface area contributed by atoms with Crippen LogP contribution in [0.4, 0.5) is 0 Å². The number of fused-ring (bicyclic) bond motifs is 1. The van der Waals surface area contributed by atoms with E-state index in [0.717, 1.165) is 11.4 Å². The third-order valence-corrected chi connectivity index (χ3v) is 4.87. The molecule has 2 aromatic carbocycles. The van der Waals surface area contributed by atoms with Crippen LogP contribution < -0.4 is 16.2 Å². The lowest BCUT2D eigenvalue weighted by Gasteiger charge is -2.17. The smallest absolute Gasteiger partial charge is 0.262 e. The fraction of sp³-hybridized carbons (Fsp3) is 0.318. The van der Waals surface area contributed by atoms with E-state index in [1.807, 2.05) is 19.2 Å². The van der Waals surface area contributed by atoms with E-state index in [4.69, 9.17) is 5.73 Å². The standard InChI is InChI=1S/C22H26N4O2/c1-15(2)17-10-8-16(9-11-17)12-25(3)14-21-24-19-7-5-4-6-18(19)22(28)26(21)13-20(23)27/h4-11,15H,12-14H2,1-3H3,(H2,23,27)/p+1. The summed E-state index contributed by atoms with van der Waals surface area (Å²) in [5.41, 5.74) is 8.30. The number of hydrogen-bond acceptors (Lipinski definition) is 3. The summed E-state index contributed by atoms with van der Waals surface area (Å²) in [5.74, 6) is 0.519. The number of quaternary nitrogens is 1. The molecule has 0 aliphatic rings. The van der Waals surface area contributed by atoms with Crippen molar-refractivity contribution >= 4 is 16.8 Å². The van der Waals surface area contributed by atoms with E-state index in [1.54, 1.807) is 12.1 Å². The predicted molar refractivity (Wildman–Crippen MR) is 110 cm³/mol. The number of rotatable bonds is 7. The molecule has 3 aromatic rings. The zero-order valence-corrected chi connectivity index (χ0v) is 16.6. The van der Waals surface area contributed by atoms with Gasteiger partial charge in [-0.25, -0.2) is 4.98 Å². The quantitative estimate of drug-likeness (QED) is 0.648. The lowest BCUT2D eigenvalue weighted by molar-refractivity contribution is -0.908. The molecule has 1 aromatic heterocycles. The first-order chi connectivity index (χ1) is 13.3. The number of nitrogens with zero attached hydrogens (tertiary/aromatic N) is 2. The molecular formula is C22H27N4O2+.